The van der Waals surface area contributed by atoms with E-state index >= 15 is 0 Å². The highest BCUT2D eigenvalue weighted by molar-refractivity contribution is 5.88. The summed E-state index contributed by atoms with van der Waals surface area (Å²) in [6.07, 6.45) is 0. The summed E-state index contributed by atoms with van der Waals surface area (Å²) >= 11 is 0. The fraction of sp³-hybridized carbons (Fsp3) is 0.261. The number of nitrogens with one attached hydrogen (secondary N) is 2. The third kappa shape index (κ3) is 4.15. The number of hydrogen-bond acceptors (Lipinski definition) is 4. The van der Waals surface area contributed by atoms with Gasteiger partial charge in [0.2, 0.25) is 0 Å². The highest BCUT2D eigenvalue weighted by atomic mass is 19.1. The molecule has 0 fully saturated rings. The van der Waals surface area contributed by atoms with Crippen molar-refractivity contribution in [3.8, 4) is 11.1 Å². The average Bonchev–Trinajstić information content (AvgIpc) is 2.76. The topological polar surface area (TPSA) is 81.6 Å². The zero-order chi connectivity index (χ0) is 21.1. The molecule has 5 nitrogen and oxygen atoms in total. The van der Waals surface area contributed by atoms with Gasteiger partial charge in [-0.05, 0) is 53.4 Å². The van der Waals surface area contributed by atoms with Crippen LogP contribution in [0.1, 0.15) is 19.4 Å². The van der Waals surface area contributed by atoms with Crippen molar-refractivity contribution < 1.29 is 19.5 Å². The monoisotopic (exact) mass is 396 g/mol. The van der Waals surface area contributed by atoms with Gasteiger partial charge in [0.25, 0.3) is 5.91 Å². The molecule has 0 heterocycles. The van der Waals surface area contributed by atoms with E-state index in [1.807, 2.05) is 48.5 Å². The third-order valence-corrected chi connectivity index (χ3v) is 5.55. The second-order valence-corrected chi connectivity index (χ2v) is 7.59. The molecule has 0 aliphatic rings. The summed E-state index contributed by atoms with van der Waals surface area (Å²) in [6.45, 7) is 1.62. The summed E-state index contributed by atoms with van der Waals surface area (Å²) < 4.78 is 13.3. The number of rotatable bonds is 7. The number of carbonyl (C=O) groups excluding carboxylic acids is 1. The largest absolute Gasteiger partial charge is 0.385 e. The minimum absolute atomic E-state index is 0.205. The van der Waals surface area contributed by atoms with E-state index < -0.39 is 23.7 Å². The molecule has 0 aliphatic carbocycles. The van der Waals surface area contributed by atoms with Crippen molar-refractivity contribution in [3.05, 3.63) is 72.3 Å². The molecule has 2 unspecified atom stereocenters. The molecule has 0 saturated carbocycles. The second-order valence-electron chi connectivity index (χ2n) is 7.59. The first kappa shape index (κ1) is 20.9. The zero-order valence-electron chi connectivity index (χ0n) is 16.4. The molecule has 152 valence electrons. The first-order chi connectivity index (χ1) is 13.8. The molecular formula is C23H25FN2O3. The highest BCUT2D eigenvalue weighted by Crippen LogP contribution is 2.27. The number of aliphatic hydroxyl groups is 1. The van der Waals surface area contributed by atoms with Crippen molar-refractivity contribution in [2.45, 2.75) is 31.5 Å². The number of hydrogen-bond donors (Lipinski definition) is 4. The molecule has 2 atom stereocenters. The van der Waals surface area contributed by atoms with Crippen LogP contribution >= 0.6 is 0 Å². The van der Waals surface area contributed by atoms with E-state index in [9.17, 15) is 14.3 Å². The number of benzene rings is 3. The lowest BCUT2D eigenvalue weighted by molar-refractivity contribution is -0.148. The molecular weight excluding hydrogens is 371 g/mol. The van der Waals surface area contributed by atoms with E-state index in [4.69, 9.17) is 5.21 Å². The van der Waals surface area contributed by atoms with E-state index in [0.29, 0.717) is 0 Å². The van der Waals surface area contributed by atoms with Crippen LogP contribution in [-0.4, -0.2) is 34.0 Å². The van der Waals surface area contributed by atoms with E-state index in [1.165, 1.54) is 19.3 Å². The Morgan fingerprint density at radius 3 is 2.28 bits per heavy atom. The van der Waals surface area contributed by atoms with Crippen LogP contribution in [0.25, 0.3) is 21.9 Å². The van der Waals surface area contributed by atoms with Crippen molar-refractivity contribution in [1.82, 2.24) is 10.8 Å². The predicted octanol–water partition coefficient (Wildman–Crippen LogP) is 3.58. The molecule has 0 bridgehead atoms. The highest BCUT2D eigenvalue weighted by Gasteiger charge is 2.49. The molecule has 0 saturated heterocycles. The van der Waals surface area contributed by atoms with Gasteiger partial charge < -0.3 is 5.11 Å². The Morgan fingerprint density at radius 2 is 1.62 bits per heavy atom. The van der Waals surface area contributed by atoms with Crippen LogP contribution in [0.4, 0.5) is 4.39 Å². The standard InChI is InChI=1S/C23H25FN2O3/c1-22(28,15-24)23(2,21(27)26-29)25-14-16-8-9-20-13-19(11-10-18(20)12-16)17-6-4-3-5-7-17/h3-13,25,28-29H,14-15H2,1-2H3,(H,26,27). The third-order valence-electron chi connectivity index (χ3n) is 5.55. The maximum Gasteiger partial charge on any atom is 0.266 e. The van der Waals surface area contributed by atoms with E-state index in [-0.39, 0.29) is 6.54 Å². The Hall–Kier alpha value is -2.80. The summed E-state index contributed by atoms with van der Waals surface area (Å²) in [5, 5.41) is 24.3. The lowest BCUT2D eigenvalue weighted by Crippen LogP contribution is -2.68. The van der Waals surface area contributed by atoms with Gasteiger partial charge in [0.15, 0.2) is 0 Å². The number of halogens is 1. The first-order valence-corrected chi connectivity index (χ1v) is 9.37. The molecule has 0 spiro atoms. The Morgan fingerprint density at radius 1 is 0.966 bits per heavy atom. The lowest BCUT2D eigenvalue weighted by atomic mass is 9.82. The van der Waals surface area contributed by atoms with Gasteiger partial charge in [0.05, 0.1) is 0 Å². The van der Waals surface area contributed by atoms with Crippen LogP contribution < -0.4 is 10.8 Å². The van der Waals surface area contributed by atoms with Gasteiger partial charge in [-0.3, -0.25) is 15.3 Å². The second kappa shape index (κ2) is 8.29. The van der Waals surface area contributed by atoms with Gasteiger partial charge in [-0.15, -0.1) is 0 Å². The SMILES string of the molecule is CC(O)(CF)C(C)(NCc1ccc2cc(-c3ccccc3)ccc2c1)C(=O)NO. The van der Waals surface area contributed by atoms with Crippen LogP contribution in [0, 0.1) is 0 Å². The van der Waals surface area contributed by atoms with Crippen LogP contribution in [0.15, 0.2) is 66.7 Å². The van der Waals surface area contributed by atoms with Crippen molar-refractivity contribution in [3.63, 3.8) is 0 Å². The minimum Gasteiger partial charge on any atom is -0.385 e. The van der Waals surface area contributed by atoms with Crippen molar-refractivity contribution in [2.75, 3.05) is 6.67 Å². The first-order valence-electron chi connectivity index (χ1n) is 9.37. The summed E-state index contributed by atoms with van der Waals surface area (Å²) in [5.41, 5.74) is 0.904. The van der Waals surface area contributed by atoms with Crippen molar-refractivity contribution in [2.24, 2.45) is 0 Å². The Bertz CT molecular complexity index is 1010. The molecule has 6 heteroatoms. The number of amides is 1. The Labute approximate surface area is 169 Å². The number of alkyl halides is 1. The number of fused-ring (bicyclic) bond motifs is 1. The fourth-order valence-electron chi connectivity index (χ4n) is 3.25. The van der Waals surface area contributed by atoms with Gasteiger partial charge in [-0.25, -0.2) is 9.87 Å². The maximum absolute atomic E-state index is 13.3. The quantitative estimate of drug-likeness (QED) is 0.363. The molecule has 0 aliphatic heterocycles. The number of hydroxylamine groups is 1. The van der Waals surface area contributed by atoms with Gasteiger partial charge in [0.1, 0.15) is 17.8 Å². The smallest absolute Gasteiger partial charge is 0.266 e. The van der Waals surface area contributed by atoms with E-state index in [0.717, 1.165) is 27.5 Å². The normalized spacial score (nSPS) is 15.5. The zero-order valence-corrected chi connectivity index (χ0v) is 16.4. The van der Waals surface area contributed by atoms with Crippen molar-refractivity contribution in [1.29, 1.82) is 0 Å². The molecule has 1 amide bonds. The molecule has 0 radical (unpaired) electrons. The van der Waals surface area contributed by atoms with Gasteiger partial charge in [-0.1, -0.05) is 54.6 Å². The van der Waals surface area contributed by atoms with Crippen LogP contribution in [0.3, 0.4) is 0 Å². The summed E-state index contributed by atoms with van der Waals surface area (Å²) in [7, 11) is 0. The fourth-order valence-corrected chi connectivity index (χ4v) is 3.25. The summed E-state index contributed by atoms with van der Waals surface area (Å²) in [6, 6.07) is 22.1. The Kier molecular flexibility index (Phi) is 5.98. The van der Waals surface area contributed by atoms with Gasteiger partial charge in [0, 0.05) is 6.54 Å². The molecule has 3 rings (SSSR count). The van der Waals surface area contributed by atoms with E-state index in [2.05, 4.69) is 23.5 Å². The number of carbonyl (C=O) groups is 1. The molecule has 3 aromatic carbocycles. The van der Waals surface area contributed by atoms with Crippen LogP contribution in [-0.2, 0) is 11.3 Å². The molecule has 0 aromatic heterocycles. The minimum atomic E-state index is -2.00. The Balaban J connectivity index is 1.84. The van der Waals surface area contributed by atoms with Crippen LogP contribution in [0.5, 0.6) is 0 Å². The predicted molar refractivity (Wildman–Crippen MR) is 111 cm³/mol. The lowest BCUT2D eigenvalue weighted by Gasteiger charge is -2.39. The van der Waals surface area contributed by atoms with Crippen LogP contribution in [0.2, 0.25) is 0 Å². The maximum atomic E-state index is 13.3. The van der Waals surface area contributed by atoms with Crippen molar-refractivity contribution >= 4 is 16.7 Å². The molecule has 4 N–H and O–H groups in total. The molecule has 3 aromatic rings. The van der Waals surface area contributed by atoms with Gasteiger partial charge in [-0.2, -0.15) is 0 Å². The molecule has 29 heavy (non-hydrogen) atoms. The average molecular weight is 396 g/mol. The summed E-state index contributed by atoms with van der Waals surface area (Å²) in [5.74, 6) is -0.909. The van der Waals surface area contributed by atoms with Gasteiger partial charge >= 0.3 is 0 Å². The summed E-state index contributed by atoms with van der Waals surface area (Å²) in [4.78, 5) is 12.1. The van der Waals surface area contributed by atoms with E-state index in [1.54, 1.807) is 0 Å².